The first-order chi connectivity index (χ1) is 7.36. The molecule has 0 spiro atoms. The molecule has 0 bridgehead atoms. The standard InChI is InChI=1S/C7H11N7O/c1-14(7-8-5-9-15-7)4-2-3-6-10-12-13-11-6/h5H,2-4H2,1H3,(H,10,11,12,13). The molecular weight excluding hydrogens is 198 g/mol. The average Bonchev–Trinajstić information content (AvgIpc) is 2.90. The van der Waals surface area contributed by atoms with Crippen LogP contribution >= 0.6 is 0 Å². The van der Waals surface area contributed by atoms with Crippen LogP contribution in [0.4, 0.5) is 6.01 Å². The largest absolute Gasteiger partial charge is 0.327 e. The van der Waals surface area contributed by atoms with Crippen LogP contribution < -0.4 is 4.90 Å². The summed E-state index contributed by atoms with van der Waals surface area (Å²) in [7, 11) is 1.89. The molecule has 2 aromatic heterocycles. The molecule has 0 atom stereocenters. The second-order valence-corrected chi connectivity index (χ2v) is 3.10. The number of nitrogens with zero attached hydrogens (tertiary/aromatic N) is 6. The number of rotatable bonds is 5. The SMILES string of the molecule is CN(CCCc1nnn[nH]1)c1ncno1. The van der Waals surface area contributed by atoms with Gasteiger partial charge in [0, 0.05) is 20.0 Å². The molecule has 0 aliphatic heterocycles. The smallest absolute Gasteiger partial charge is 0.323 e. The summed E-state index contributed by atoms with van der Waals surface area (Å²) in [6, 6.07) is 0.519. The van der Waals surface area contributed by atoms with Crippen LogP contribution in [0.15, 0.2) is 10.9 Å². The van der Waals surface area contributed by atoms with Gasteiger partial charge in [0.25, 0.3) is 0 Å². The van der Waals surface area contributed by atoms with E-state index in [4.69, 9.17) is 4.52 Å². The average molecular weight is 209 g/mol. The van der Waals surface area contributed by atoms with Crippen molar-refractivity contribution < 1.29 is 4.52 Å². The Morgan fingerprint density at radius 2 is 2.47 bits per heavy atom. The van der Waals surface area contributed by atoms with E-state index in [0.717, 1.165) is 25.2 Å². The lowest BCUT2D eigenvalue weighted by Crippen LogP contribution is -2.19. The summed E-state index contributed by atoms with van der Waals surface area (Å²) in [6.07, 6.45) is 3.09. The maximum Gasteiger partial charge on any atom is 0.323 e. The van der Waals surface area contributed by atoms with Gasteiger partial charge in [0.1, 0.15) is 5.82 Å². The van der Waals surface area contributed by atoms with Crippen molar-refractivity contribution in [1.82, 2.24) is 30.8 Å². The molecule has 80 valence electrons. The summed E-state index contributed by atoms with van der Waals surface area (Å²) < 4.78 is 4.90. The van der Waals surface area contributed by atoms with Crippen molar-refractivity contribution in [3.05, 3.63) is 12.2 Å². The van der Waals surface area contributed by atoms with Gasteiger partial charge >= 0.3 is 6.01 Å². The number of H-pyrrole nitrogens is 1. The zero-order valence-electron chi connectivity index (χ0n) is 8.29. The molecule has 8 heteroatoms. The van der Waals surface area contributed by atoms with Gasteiger partial charge in [-0.3, -0.25) is 0 Å². The highest BCUT2D eigenvalue weighted by atomic mass is 16.5. The molecule has 8 nitrogen and oxygen atoms in total. The minimum absolute atomic E-state index is 0.519. The van der Waals surface area contributed by atoms with E-state index in [9.17, 15) is 0 Å². The van der Waals surface area contributed by atoms with Gasteiger partial charge < -0.3 is 9.42 Å². The van der Waals surface area contributed by atoms with Crippen LogP contribution in [-0.4, -0.2) is 44.4 Å². The maximum atomic E-state index is 4.90. The Hall–Kier alpha value is -1.99. The van der Waals surface area contributed by atoms with Crippen LogP contribution in [0.25, 0.3) is 0 Å². The highest BCUT2D eigenvalue weighted by Crippen LogP contribution is 2.06. The molecule has 0 saturated heterocycles. The second-order valence-electron chi connectivity index (χ2n) is 3.10. The molecule has 0 aromatic carbocycles. The Bertz CT molecular complexity index is 370. The van der Waals surface area contributed by atoms with Crippen LogP contribution in [0.5, 0.6) is 0 Å². The second kappa shape index (κ2) is 4.49. The van der Waals surface area contributed by atoms with Crippen LogP contribution in [-0.2, 0) is 6.42 Å². The molecule has 2 rings (SSSR count). The van der Waals surface area contributed by atoms with Crippen LogP contribution in [0.2, 0.25) is 0 Å². The van der Waals surface area contributed by atoms with Crippen molar-refractivity contribution in [3.8, 4) is 0 Å². The quantitative estimate of drug-likeness (QED) is 0.718. The first kappa shape index (κ1) is 9.56. The predicted molar refractivity (Wildman–Crippen MR) is 50.1 cm³/mol. The number of hydrogen-bond acceptors (Lipinski definition) is 7. The predicted octanol–water partition coefficient (Wildman–Crippen LogP) is -0.348. The van der Waals surface area contributed by atoms with Crippen molar-refractivity contribution in [2.45, 2.75) is 12.8 Å². The van der Waals surface area contributed by atoms with Gasteiger partial charge in [0.05, 0.1) is 0 Å². The summed E-state index contributed by atoms with van der Waals surface area (Å²) in [5.74, 6) is 0.786. The fourth-order valence-corrected chi connectivity index (χ4v) is 1.20. The normalized spacial score (nSPS) is 10.5. The van der Waals surface area contributed by atoms with E-state index in [-0.39, 0.29) is 0 Å². The Morgan fingerprint density at radius 3 is 3.13 bits per heavy atom. The summed E-state index contributed by atoms with van der Waals surface area (Å²) in [6.45, 7) is 0.808. The highest BCUT2D eigenvalue weighted by molar-refractivity contribution is 5.20. The molecule has 0 aliphatic rings. The van der Waals surface area contributed by atoms with Crippen LogP contribution in [0.3, 0.4) is 0 Å². The lowest BCUT2D eigenvalue weighted by Gasteiger charge is -2.11. The molecule has 0 radical (unpaired) electrons. The third-order valence-corrected chi connectivity index (χ3v) is 1.97. The van der Waals surface area contributed by atoms with Gasteiger partial charge in [-0.25, -0.2) is 5.10 Å². The van der Waals surface area contributed by atoms with Crippen molar-refractivity contribution in [2.75, 3.05) is 18.5 Å². The van der Waals surface area contributed by atoms with Crippen molar-refractivity contribution in [1.29, 1.82) is 0 Å². The lowest BCUT2D eigenvalue weighted by molar-refractivity contribution is 0.416. The van der Waals surface area contributed by atoms with Gasteiger partial charge in [-0.1, -0.05) is 5.16 Å². The van der Waals surface area contributed by atoms with E-state index >= 15 is 0 Å². The monoisotopic (exact) mass is 209 g/mol. The van der Waals surface area contributed by atoms with E-state index in [0.29, 0.717) is 6.01 Å². The van der Waals surface area contributed by atoms with E-state index < -0.39 is 0 Å². The summed E-state index contributed by atoms with van der Waals surface area (Å²) in [4.78, 5) is 5.82. The Kier molecular flexibility index (Phi) is 2.86. The molecule has 2 heterocycles. The number of nitrogens with one attached hydrogen (secondary N) is 1. The highest BCUT2D eigenvalue weighted by Gasteiger charge is 2.06. The fraction of sp³-hybridized carbons (Fsp3) is 0.571. The first-order valence-electron chi connectivity index (χ1n) is 4.56. The molecule has 2 aromatic rings. The molecular formula is C7H11N7O. The van der Waals surface area contributed by atoms with Gasteiger partial charge in [-0.2, -0.15) is 4.98 Å². The minimum Gasteiger partial charge on any atom is -0.327 e. The summed E-state index contributed by atoms with van der Waals surface area (Å²) in [5, 5.41) is 17.0. The first-order valence-corrected chi connectivity index (χ1v) is 4.56. The number of aryl methyl sites for hydroxylation is 1. The number of aromatic nitrogens is 6. The van der Waals surface area contributed by atoms with Gasteiger partial charge in [0.15, 0.2) is 6.33 Å². The van der Waals surface area contributed by atoms with E-state index in [1.165, 1.54) is 6.33 Å². The fourth-order valence-electron chi connectivity index (χ4n) is 1.20. The lowest BCUT2D eigenvalue weighted by atomic mass is 10.3. The van der Waals surface area contributed by atoms with Crippen LogP contribution in [0.1, 0.15) is 12.2 Å². The zero-order chi connectivity index (χ0) is 10.5. The van der Waals surface area contributed by atoms with Gasteiger partial charge in [0.2, 0.25) is 0 Å². The van der Waals surface area contributed by atoms with Crippen LogP contribution in [0, 0.1) is 0 Å². The summed E-state index contributed by atoms with van der Waals surface area (Å²) >= 11 is 0. The zero-order valence-corrected chi connectivity index (χ0v) is 8.29. The molecule has 0 unspecified atom stereocenters. The number of aromatic amines is 1. The Morgan fingerprint density at radius 1 is 1.53 bits per heavy atom. The van der Waals surface area contributed by atoms with Gasteiger partial charge in [-0.05, 0) is 16.8 Å². The molecule has 0 amide bonds. The third-order valence-electron chi connectivity index (χ3n) is 1.97. The van der Waals surface area contributed by atoms with Crippen molar-refractivity contribution in [2.24, 2.45) is 0 Å². The third kappa shape index (κ3) is 2.48. The number of tetrazole rings is 1. The molecule has 1 N–H and O–H groups in total. The van der Waals surface area contributed by atoms with Crippen molar-refractivity contribution in [3.63, 3.8) is 0 Å². The number of hydrogen-bond donors (Lipinski definition) is 1. The molecule has 0 aliphatic carbocycles. The van der Waals surface area contributed by atoms with E-state index in [2.05, 4.69) is 30.8 Å². The topological polar surface area (TPSA) is 96.6 Å². The minimum atomic E-state index is 0.519. The Labute approximate surface area is 85.7 Å². The van der Waals surface area contributed by atoms with E-state index in [1.807, 2.05) is 11.9 Å². The van der Waals surface area contributed by atoms with Gasteiger partial charge in [-0.15, -0.1) is 5.10 Å². The maximum absolute atomic E-state index is 4.90. The van der Waals surface area contributed by atoms with E-state index in [1.54, 1.807) is 0 Å². The summed E-state index contributed by atoms with van der Waals surface area (Å²) in [5.41, 5.74) is 0. The molecule has 15 heavy (non-hydrogen) atoms. The molecule has 0 saturated carbocycles. The number of anilines is 1. The molecule has 0 fully saturated rings. The Balaban J connectivity index is 1.74. The van der Waals surface area contributed by atoms with Crippen molar-refractivity contribution >= 4 is 6.01 Å².